The number of halogens is 1. The van der Waals surface area contributed by atoms with Gasteiger partial charge in [0, 0.05) is 55.2 Å². The van der Waals surface area contributed by atoms with Crippen molar-refractivity contribution in [1.29, 1.82) is 5.41 Å². The lowest BCUT2D eigenvalue weighted by Crippen LogP contribution is -2.55. The Balaban J connectivity index is 1.65. The van der Waals surface area contributed by atoms with Crippen molar-refractivity contribution in [2.45, 2.75) is 52.0 Å². The SMILES string of the molecule is CCC(C(=O)N1CCC(CC(=O)O)CC1)C(C)(C)NC(=O)c1ccc(C(=N)N2CCSCC2)cc1F. The summed E-state index contributed by atoms with van der Waals surface area (Å²) in [6.07, 6.45) is 1.89. The number of rotatable bonds is 8. The lowest BCUT2D eigenvalue weighted by molar-refractivity contribution is -0.140. The highest BCUT2D eigenvalue weighted by molar-refractivity contribution is 7.99. The minimum Gasteiger partial charge on any atom is -0.481 e. The number of aliphatic carboxylic acids is 1. The van der Waals surface area contributed by atoms with E-state index in [4.69, 9.17) is 10.5 Å². The Morgan fingerprint density at radius 1 is 1.17 bits per heavy atom. The number of likely N-dealkylation sites (tertiary alicyclic amines) is 1. The van der Waals surface area contributed by atoms with Gasteiger partial charge >= 0.3 is 5.97 Å². The van der Waals surface area contributed by atoms with Crippen molar-refractivity contribution in [3.63, 3.8) is 0 Å². The Bertz CT molecular complexity index is 988. The molecule has 2 heterocycles. The first-order valence-corrected chi connectivity index (χ1v) is 13.7. The topological polar surface area (TPSA) is 114 Å². The predicted molar refractivity (Wildman–Crippen MR) is 139 cm³/mol. The zero-order valence-corrected chi connectivity index (χ0v) is 22.1. The van der Waals surface area contributed by atoms with Crippen molar-refractivity contribution in [3.05, 3.63) is 35.1 Å². The maximum atomic E-state index is 15.0. The number of carboxylic acid groups (broad SMARTS) is 1. The zero-order chi connectivity index (χ0) is 26.5. The summed E-state index contributed by atoms with van der Waals surface area (Å²) in [7, 11) is 0. The van der Waals surface area contributed by atoms with Crippen LogP contribution in [0.1, 0.15) is 62.4 Å². The summed E-state index contributed by atoms with van der Waals surface area (Å²) < 4.78 is 15.0. The highest BCUT2D eigenvalue weighted by atomic mass is 32.2. The highest BCUT2D eigenvalue weighted by Gasteiger charge is 2.39. The van der Waals surface area contributed by atoms with E-state index in [-0.39, 0.29) is 29.6 Å². The van der Waals surface area contributed by atoms with Gasteiger partial charge in [0.25, 0.3) is 5.91 Å². The van der Waals surface area contributed by atoms with Crippen molar-refractivity contribution >= 4 is 35.4 Å². The molecule has 0 aromatic heterocycles. The van der Waals surface area contributed by atoms with Gasteiger partial charge in [-0.3, -0.25) is 19.8 Å². The van der Waals surface area contributed by atoms with Crippen LogP contribution in [0.5, 0.6) is 0 Å². The van der Waals surface area contributed by atoms with E-state index in [1.807, 2.05) is 23.6 Å². The van der Waals surface area contributed by atoms with Crippen LogP contribution >= 0.6 is 11.8 Å². The maximum Gasteiger partial charge on any atom is 0.303 e. The average molecular weight is 521 g/mol. The van der Waals surface area contributed by atoms with Crippen LogP contribution in [-0.2, 0) is 9.59 Å². The monoisotopic (exact) mass is 520 g/mol. The second kappa shape index (κ2) is 12.1. The molecule has 0 aliphatic carbocycles. The largest absolute Gasteiger partial charge is 0.481 e. The van der Waals surface area contributed by atoms with Crippen LogP contribution in [0.4, 0.5) is 4.39 Å². The van der Waals surface area contributed by atoms with Crippen molar-refractivity contribution in [2.75, 3.05) is 37.7 Å². The number of thioether (sulfide) groups is 1. The minimum atomic E-state index is -0.926. The average Bonchev–Trinajstić information content (AvgIpc) is 2.84. The third-order valence-corrected chi connectivity index (χ3v) is 8.16. The molecular formula is C26H37FN4O4S. The fourth-order valence-electron chi connectivity index (χ4n) is 5.08. The van der Waals surface area contributed by atoms with Gasteiger partial charge in [-0.25, -0.2) is 4.39 Å². The molecule has 0 bridgehead atoms. The van der Waals surface area contributed by atoms with E-state index in [0.29, 0.717) is 37.9 Å². The molecule has 36 heavy (non-hydrogen) atoms. The van der Waals surface area contributed by atoms with Crippen LogP contribution in [-0.4, -0.2) is 81.7 Å². The van der Waals surface area contributed by atoms with Gasteiger partial charge in [0.2, 0.25) is 5.91 Å². The molecule has 198 valence electrons. The number of carbonyl (C=O) groups excluding carboxylic acids is 2. The van der Waals surface area contributed by atoms with Crippen molar-refractivity contribution in [2.24, 2.45) is 11.8 Å². The van der Waals surface area contributed by atoms with Gasteiger partial charge in [-0.2, -0.15) is 11.8 Å². The van der Waals surface area contributed by atoms with E-state index >= 15 is 0 Å². The number of nitrogens with one attached hydrogen (secondary N) is 2. The number of nitrogens with zero attached hydrogens (tertiary/aromatic N) is 2. The molecule has 3 rings (SSSR count). The van der Waals surface area contributed by atoms with Crippen LogP contribution < -0.4 is 5.32 Å². The smallest absolute Gasteiger partial charge is 0.303 e. The number of carboxylic acids is 1. The van der Waals surface area contributed by atoms with E-state index in [2.05, 4.69) is 5.32 Å². The standard InChI is InChI=1S/C26H37FN4O4S/c1-4-20(25(35)31-9-7-17(8-10-31)15-22(32)33)26(2,3)29-24(34)19-6-5-18(16-21(19)27)23(28)30-11-13-36-14-12-30/h5-6,16-17,20,28H,4,7-15H2,1-3H3,(H,29,34)(H,32,33). The molecule has 0 saturated carbocycles. The molecule has 2 aliphatic rings. The lowest BCUT2D eigenvalue weighted by atomic mass is 9.82. The van der Waals surface area contributed by atoms with Gasteiger partial charge in [0.1, 0.15) is 11.7 Å². The summed E-state index contributed by atoms with van der Waals surface area (Å²) in [6.45, 7) is 7.89. The predicted octanol–water partition coefficient (Wildman–Crippen LogP) is 3.45. The summed E-state index contributed by atoms with van der Waals surface area (Å²) >= 11 is 1.83. The van der Waals surface area contributed by atoms with E-state index < -0.39 is 29.2 Å². The second-order valence-electron chi connectivity index (χ2n) is 10.1. The Morgan fingerprint density at radius 2 is 1.81 bits per heavy atom. The molecule has 2 amide bonds. The van der Waals surface area contributed by atoms with E-state index in [1.54, 1.807) is 24.8 Å². The van der Waals surface area contributed by atoms with Gasteiger partial charge in [0.05, 0.1) is 11.5 Å². The summed E-state index contributed by atoms with van der Waals surface area (Å²) in [6, 6.07) is 4.23. The molecule has 2 fully saturated rings. The Hall–Kier alpha value is -2.62. The number of hydrogen-bond acceptors (Lipinski definition) is 5. The van der Waals surface area contributed by atoms with Crippen LogP contribution in [0.25, 0.3) is 0 Å². The normalized spacial score (nSPS) is 18.0. The van der Waals surface area contributed by atoms with Crippen LogP contribution in [0.3, 0.4) is 0 Å². The molecule has 1 unspecified atom stereocenters. The second-order valence-corrected chi connectivity index (χ2v) is 11.4. The van der Waals surface area contributed by atoms with Crippen LogP contribution in [0, 0.1) is 23.1 Å². The minimum absolute atomic E-state index is 0.0700. The number of hydrogen-bond donors (Lipinski definition) is 3. The van der Waals surface area contributed by atoms with Gasteiger partial charge < -0.3 is 20.2 Å². The zero-order valence-electron chi connectivity index (χ0n) is 21.3. The van der Waals surface area contributed by atoms with E-state index in [9.17, 15) is 18.8 Å². The summed E-state index contributed by atoms with van der Waals surface area (Å²) in [5.41, 5.74) is -0.613. The fraction of sp³-hybridized carbons (Fsp3) is 0.615. The highest BCUT2D eigenvalue weighted by Crippen LogP contribution is 2.28. The molecule has 0 radical (unpaired) electrons. The van der Waals surface area contributed by atoms with Gasteiger partial charge in [0.15, 0.2) is 0 Å². The third kappa shape index (κ3) is 6.78. The Kier molecular flexibility index (Phi) is 9.38. The maximum absolute atomic E-state index is 15.0. The Morgan fingerprint density at radius 3 is 2.36 bits per heavy atom. The molecule has 3 N–H and O–H groups in total. The molecule has 0 spiro atoms. The van der Waals surface area contributed by atoms with Crippen molar-refractivity contribution in [3.8, 4) is 0 Å². The molecule has 2 aliphatic heterocycles. The van der Waals surface area contributed by atoms with Gasteiger partial charge in [-0.15, -0.1) is 0 Å². The quantitative estimate of drug-likeness (QED) is 0.357. The summed E-state index contributed by atoms with van der Waals surface area (Å²) in [4.78, 5) is 41.0. The molecule has 10 heteroatoms. The fourth-order valence-corrected chi connectivity index (χ4v) is 5.98. The first kappa shape index (κ1) is 28.0. The summed E-state index contributed by atoms with van der Waals surface area (Å²) in [5, 5.41) is 20.3. The first-order valence-electron chi connectivity index (χ1n) is 12.6. The number of amidine groups is 1. The molecule has 1 atom stereocenters. The molecule has 1 aromatic carbocycles. The number of benzene rings is 1. The lowest BCUT2D eigenvalue weighted by Gasteiger charge is -2.39. The van der Waals surface area contributed by atoms with Crippen LogP contribution in [0.2, 0.25) is 0 Å². The molecule has 1 aromatic rings. The van der Waals surface area contributed by atoms with Crippen molar-refractivity contribution < 1.29 is 23.9 Å². The van der Waals surface area contributed by atoms with E-state index in [1.165, 1.54) is 12.1 Å². The third-order valence-electron chi connectivity index (χ3n) is 7.22. The van der Waals surface area contributed by atoms with Gasteiger partial charge in [-0.05, 0) is 51.2 Å². The summed E-state index contributed by atoms with van der Waals surface area (Å²) in [5.74, 6) is -0.529. The molecule has 8 nitrogen and oxygen atoms in total. The molecule has 2 saturated heterocycles. The number of amides is 2. The van der Waals surface area contributed by atoms with Crippen LogP contribution in [0.15, 0.2) is 18.2 Å². The number of piperidine rings is 1. The molecular weight excluding hydrogens is 483 g/mol. The number of carbonyl (C=O) groups is 3. The first-order chi connectivity index (χ1) is 17.0. The Labute approximate surface area is 216 Å². The van der Waals surface area contributed by atoms with Gasteiger partial charge in [-0.1, -0.05) is 13.0 Å². The van der Waals surface area contributed by atoms with E-state index in [0.717, 1.165) is 24.6 Å². The van der Waals surface area contributed by atoms with Crippen molar-refractivity contribution in [1.82, 2.24) is 15.1 Å².